The summed E-state index contributed by atoms with van der Waals surface area (Å²) in [6, 6.07) is 16.5. The molecule has 1 atom stereocenters. The molecule has 1 heterocycles. The third-order valence-corrected chi connectivity index (χ3v) is 3.82. The molecule has 6 heteroatoms. The molecule has 1 unspecified atom stereocenters. The van der Waals surface area contributed by atoms with Crippen LogP contribution in [-0.2, 0) is 13.1 Å². The van der Waals surface area contributed by atoms with E-state index in [4.69, 9.17) is 0 Å². The Bertz CT molecular complexity index is 772. The summed E-state index contributed by atoms with van der Waals surface area (Å²) >= 11 is 0. The number of tetrazole rings is 1. The Balaban J connectivity index is 1.84. The lowest BCUT2D eigenvalue weighted by Crippen LogP contribution is -2.24. The Hall–Kier alpha value is -2.60. The van der Waals surface area contributed by atoms with Crippen molar-refractivity contribution in [3.8, 4) is 0 Å². The molecule has 0 radical (unpaired) electrons. The highest BCUT2D eigenvalue weighted by atomic mass is 19.1. The molecule has 5 nitrogen and oxygen atoms in total. The van der Waals surface area contributed by atoms with Crippen molar-refractivity contribution in [2.45, 2.75) is 32.5 Å². The minimum Gasteiger partial charge on any atom is -0.299 e. The number of nitrogens with one attached hydrogen (secondary N) is 1. The zero-order chi connectivity index (χ0) is 16.8. The number of halogens is 1. The molecule has 0 aliphatic rings. The molecule has 3 aromatic rings. The minimum atomic E-state index is -0.244. The van der Waals surface area contributed by atoms with Crippen LogP contribution in [0.4, 0.5) is 4.39 Å². The summed E-state index contributed by atoms with van der Waals surface area (Å²) in [6.07, 6.45) is 0.962. The van der Waals surface area contributed by atoms with E-state index in [1.54, 1.807) is 16.8 Å². The maximum atomic E-state index is 13.7. The second-order valence-corrected chi connectivity index (χ2v) is 5.60. The van der Waals surface area contributed by atoms with Gasteiger partial charge in [0.15, 0.2) is 5.82 Å². The lowest BCUT2D eigenvalue weighted by molar-refractivity contribution is 0.515. The van der Waals surface area contributed by atoms with Crippen LogP contribution in [0.3, 0.4) is 0 Å². The molecular formula is C18H20FN5. The average Bonchev–Trinajstić information content (AvgIpc) is 3.04. The third-order valence-electron chi connectivity index (χ3n) is 3.82. The van der Waals surface area contributed by atoms with Gasteiger partial charge in [-0.3, -0.25) is 5.32 Å². The number of nitrogens with zero attached hydrogens (tertiary/aromatic N) is 4. The fraction of sp³-hybridized carbons (Fsp3) is 0.278. The number of aryl methyl sites for hydroxylation is 1. The quantitative estimate of drug-likeness (QED) is 0.725. The van der Waals surface area contributed by atoms with E-state index < -0.39 is 0 Å². The van der Waals surface area contributed by atoms with Crippen molar-refractivity contribution in [3.63, 3.8) is 0 Å². The summed E-state index contributed by atoms with van der Waals surface area (Å²) in [5.41, 5.74) is 1.94. The number of hydrogen-bond donors (Lipinski definition) is 1. The van der Waals surface area contributed by atoms with Gasteiger partial charge in [-0.2, -0.15) is 0 Å². The van der Waals surface area contributed by atoms with Gasteiger partial charge >= 0.3 is 0 Å². The smallest absolute Gasteiger partial charge is 0.165 e. The second-order valence-electron chi connectivity index (χ2n) is 5.60. The van der Waals surface area contributed by atoms with Crippen LogP contribution in [0, 0.1) is 5.82 Å². The number of benzene rings is 2. The van der Waals surface area contributed by atoms with Gasteiger partial charge < -0.3 is 0 Å². The predicted molar refractivity (Wildman–Crippen MR) is 89.6 cm³/mol. The van der Waals surface area contributed by atoms with E-state index in [2.05, 4.69) is 27.8 Å². The first-order chi connectivity index (χ1) is 11.8. The SMILES string of the molecule is CCCn1nnnc1CNC(c1ccccc1)c1cccc(F)c1. The van der Waals surface area contributed by atoms with Gasteiger partial charge in [0.1, 0.15) is 5.82 Å². The Morgan fingerprint density at radius 1 is 1.08 bits per heavy atom. The summed E-state index contributed by atoms with van der Waals surface area (Å²) in [5, 5.41) is 15.3. The van der Waals surface area contributed by atoms with E-state index in [1.165, 1.54) is 6.07 Å². The van der Waals surface area contributed by atoms with Gasteiger partial charge in [0, 0.05) is 6.54 Å². The van der Waals surface area contributed by atoms with E-state index in [0.717, 1.165) is 29.9 Å². The molecule has 1 aromatic heterocycles. The molecular weight excluding hydrogens is 305 g/mol. The van der Waals surface area contributed by atoms with Crippen LogP contribution in [0.25, 0.3) is 0 Å². The summed E-state index contributed by atoms with van der Waals surface area (Å²) in [5.74, 6) is 0.528. The van der Waals surface area contributed by atoms with E-state index in [1.807, 2.05) is 36.4 Å². The standard InChI is InChI=1S/C18H20FN5/c1-2-11-24-17(21-22-23-24)13-20-18(14-7-4-3-5-8-14)15-9-6-10-16(19)12-15/h3-10,12,18,20H,2,11,13H2,1H3. The Labute approximate surface area is 140 Å². The first kappa shape index (κ1) is 16.3. The van der Waals surface area contributed by atoms with Crippen LogP contribution in [0.5, 0.6) is 0 Å². The van der Waals surface area contributed by atoms with Gasteiger partial charge in [-0.1, -0.05) is 49.4 Å². The van der Waals surface area contributed by atoms with Crippen molar-refractivity contribution in [1.29, 1.82) is 0 Å². The van der Waals surface area contributed by atoms with Crippen molar-refractivity contribution < 1.29 is 4.39 Å². The van der Waals surface area contributed by atoms with Crippen molar-refractivity contribution in [1.82, 2.24) is 25.5 Å². The zero-order valence-corrected chi connectivity index (χ0v) is 13.6. The fourth-order valence-corrected chi connectivity index (χ4v) is 2.69. The van der Waals surface area contributed by atoms with Crippen LogP contribution in [0.2, 0.25) is 0 Å². The van der Waals surface area contributed by atoms with Crippen LogP contribution >= 0.6 is 0 Å². The molecule has 0 aliphatic heterocycles. The van der Waals surface area contributed by atoms with Crippen LogP contribution in [-0.4, -0.2) is 20.2 Å². The van der Waals surface area contributed by atoms with E-state index in [-0.39, 0.29) is 11.9 Å². The van der Waals surface area contributed by atoms with Crippen molar-refractivity contribution in [2.75, 3.05) is 0 Å². The van der Waals surface area contributed by atoms with Gasteiger partial charge in [0.05, 0.1) is 12.6 Å². The normalized spacial score (nSPS) is 12.2. The highest BCUT2D eigenvalue weighted by Gasteiger charge is 2.16. The van der Waals surface area contributed by atoms with Gasteiger partial charge in [0.25, 0.3) is 0 Å². The molecule has 0 amide bonds. The van der Waals surface area contributed by atoms with Crippen molar-refractivity contribution in [2.24, 2.45) is 0 Å². The largest absolute Gasteiger partial charge is 0.299 e. The summed E-state index contributed by atoms with van der Waals surface area (Å²) in [7, 11) is 0. The summed E-state index contributed by atoms with van der Waals surface area (Å²) in [6.45, 7) is 3.36. The fourth-order valence-electron chi connectivity index (χ4n) is 2.69. The topological polar surface area (TPSA) is 55.6 Å². The molecule has 0 bridgehead atoms. The number of hydrogen-bond acceptors (Lipinski definition) is 4. The molecule has 0 aliphatic carbocycles. The zero-order valence-electron chi connectivity index (χ0n) is 13.6. The molecule has 124 valence electrons. The molecule has 0 saturated heterocycles. The molecule has 3 rings (SSSR count). The van der Waals surface area contributed by atoms with Crippen LogP contribution in [0.15, 0.2) is 54.6 Å². The van der Waals surface area contributed by atoms with E-state index in [9.17, 15) is 4.39 Å². The summed E-state index contributed by atoms with van der Waals surface area (Å²) < 4.78 is 15.4. The lowest BCUT2D eigenvalue weighted by atomic mass is 9.98. The van der Waals surface area contributed by atoms with E-state index >= 15 is 0 Å². The highest BCUT2D eigenvalue weighted by Crippen LogP contribution is 2.23. The van der Waals surface area contributed by atoms with Gasteiger partial charge in [0.2, 0.25) is 0 Å². The molecule has 0 spiro atoms. The van der Waals surface area contributed by atoms with Crippen LogP contribution in [0.1, 0.15) is 36.3 Å². The molecule has 0 saturated carbocycles. The second kappa shape index (κ2) is 7.79. The highest BCUT2D eigenvalue weighted by molar-refractivity contribution is 5.32. The molecule has 0 fully saturated rings. The molecule has 24 heavy (non-hydrogen) atoms. The lowest BCUT2D eigenvalue weighted by Gasteiger charge is -2.19. The number of aromatic nitrogens is 4. The Kier molecular flexibility index (Phi) is 5.28. The Morgan fingerprint density at radius 3 is 2.62 bits per heavy atom. The van der Waals surface area contributed by atoms with Crippen molar-refractivity contribution in [3.05, 3.63) is 77.4 Å². The van der Waals surface area contributed by atoms with Crippen molar-refractivity contribution >= 4 is 0 Å². The van der Waals surface area contributed by atoms with Crippen LogP contribution < -0.4 is 5.32 Å². The number of rotatable bonds is 7. The van der Waals surface area contributed by atoms with Gasteiger partial charge in [-0.25, -0.2) is 9.07 Å². The maximum Gasteiger partial charge on any atom is 0.165 e. The summed E-state index contributed by atoms with van der Waals surface area (Å²) in [4.78, 5) is 0. The first-order valence-corrected chi connectivity index (χ1v) is 8.06. The Morgan fingerprint density at radius 2 is 1.88 bits per heavy atom. The first-order valence-electron chi connectivity index (χ1n) is 8.06. The molecule has 2 aromatic carbocycles. The third kappa shape index (κ3) is 3.83. The maximum absolute atomic E-state index is 13.7. The van der Waals surface area contributed by atoms with Gasteiger partial charge in [-0.05, 0) is 40.1 Å². The molecule has 1 N–H and O–H groups in total. The van der Waals surface area contributed by atoms with Gasteiger partial charge in [-0.15, -0.1) is 5.10 Å². The predicted octanol–water partition coefficient (Wildman–Crippen LogP) is 3.10. The van der Waals surface area contributed by atoms with E-state index in [0.29, 0.717) is 6.54 Å². The average molecular weight is 325 g/mol. The minimum absolute atomic E-state index is 0.131. The monoisotopic (exact) mass is 325 g/mol.